The third-order valence-electron chi connectivity index (χ3n) is 3.94. The molecule has 2 aromatic heterocycles. The van der Waals surface area contributed by atoms with Gasteiger partial charge in [-0.2, -0.15) is 0 Å². The maximum absolute atomic E-state index is 12.1. The second-order valence-electron chi connectivity index (χ2n) is 5.95. The molecule has 26 heavy (non-hydrogen) atoms. The zero-order valence-electron chi connectivity index (χ0n) is 14.9. The predicted octanol–water partition coefficient (Wildman–Crippen LogP) is 2.10. The quantitative estimate of drug-likeness (QED) is 0.730. The molecule has 0 aliphatic rings. The lowest BCUT2D eigenvalue weighted by molar-refractivity contribution is -0.122. The third-order valence-corrected chi connectivity index (χ3v) is 3.94. The van der Waals surface area contributed by atoms with Crippen molar-refractivity contribution in [3.63, 3.8) is 0 Å². The fourth-order valence-corrected chi connectivity index (χ4v) is 2.49. The maximum Gasteiger partial charge on any atom is 0.242 e. The number of hydrogen-bond donors (Lipinski definition) is 1. The van der Waals surface area contributed by atoms with Crippen molar-refractivity contribution >= 4 is 5.91 Å². The first-order valence-electron chi connectivity index (χ1n) is 8.22. The number of tetrazole rings is 1. The smallest absolute Gasteiger partial charge is 0.242 e. The molecule has 0 aliphatic carbocycles. The predicted molar refractivity (Wildman–Crippen MR) is 94.6 cm³/mol. The highest BCUT2D eigenvalue weighted by Crippen LogP contribution is 2.29. The lowest BCUT2D eigenvalue weighted by atomic mass is 10.1. The van der Waals surface area contributed by atoms with Gasteiger partial charge in [-0.1, -0.05) is 24.3 Å². The van der Waals surface area contributed by atoms with Gasteiger partial charge in [-0.15, -0.1) is 5.10 Å². The minimum Gasteiger partial charge on any atom is -0.438 e. The average Bonchev–Trinajstić information content (AvgIpc) is 3.02. The molecule has 3 aromatic rings. The number of rotatable bonds is 6. The van der Waals surface area contributed by atoms with E-state index in [1.165, 1.54) is 4.68 Å². The Hall–Kier alpha value is -3.29. The van der Waals surface area contributed by atoms with Crippen molar-refractivity contribution in [3.05, 3.63) is 59.0 Å². The van der Waals surface area contributed by atoms with Crippen molar-refractivity contribution in [2.75, 3.05) is 0 Å². The van der Waals surface area contributed by atoms with E-state index in [9.17, 15) is 4.79 Å². The van der Waals surface area contributed by atoms with Crippen molar-refractivity contribution in [3.8, 4) is 11.6 Å². The van der Waals surface area contributed by atoms with Gasteiger partial charge in [0, 0.05) is 18.3 Å². The minimum absolute atomic E-state index is 0.0617. The van der Waals surface area contributed by atoms with Gasteiger partial charge in [0.15, 0.2) is 0 Å². The Labute approximate surface area is 151 Å². The number of aromatic nitrogens is 5. The lowest BCUT2D eigenvalue weighted by Crippen LogP contribution is -2.28. The molecule has 3 rings (SSSR count). The van der Waals surface area contributed by atoms with E-state index in [4.69, 9.17) is 4.74 Å². The standard InChI is InChI=1S/C18H20N6O2/c1-12-6-4-7-13(2)17(12)26-18-15(8-5-9-19-18)10-20-16(25)11-24-14(3)21-22-23-24/h4-9H,10-11H2,1-3H3,(H,20,25). The third kappa shape index (κ3) is 4.02. The number of carbonyl (C=O) groups is 1. The number of ether oxygens (including phenoxy) is 1. The molecule has 1 N–H and O–H groups in total. The number of pyridine rings is 1. The molecule has 1 aromatic carbocycles. The zero-order valence-corrected chi connectivity index (χ0v) is 14.9. The van der Waals surface area contributed by atoms with Gasteiger partial charge in [-0.3, -0.25) is 4.79 Å². The molecule has 1 amide bonds. The van der Waals surface area contributed by atoms with E-state index in [0.717, 1.165) is 22.4 Å². The van der Waals surface area contributed by atoms with Crippen LogP contribution in [-0.2, 0) is 17.9 Å². The van der Waals surface area contributed by atoms with Crippen LogP contribution in [-0.4, -0.2) is 31.1 Å². The van der Waals surface area contributed by atoms with Gasteiger partial charge >= 0.3 is 0 Å². The van der Waals surface area contributed by atoms with Gasteiger partial charge in [0.2, 0.25) is 11.8 Å². The molecule has 0 spiro atoms. The molecule has 2 heterocycles. The van der Waals surface area contributed by atoms with Gasteiger partial charge in [0.25, 0.3) is 0 Å². The number of nitrogens with one attached hydrogen (secondary N) is 1. The van der Waals surface area contributed by atoms with Crippen LogP contribution >= 0.6 is 0 Å². The number of hydrogen-bond acceptors (Lipinski definition) is 6. The van der Waals surface area contributed by atoms with Gasteiger partial charge in [-0.05, 0) is 48.4 Å². The molecule has 0 bridgehead atoms. The molecule has 0 fully saturated rings. The normalized spacial score (nSPS) is 10.6. The Morgan fingerprint density at radius 2 is 1.92 bits per heavy atom. The summed E-state index contributed by atoms with van der Waals surface area (Å²) in [5.41, 5.74) is 2.84. The van der Waals surface area contributed by atoms with Crippen LogP contribution in [0.25, 0.3) is 0 Å². The summed E-state index contributed by atoms with van der Waals surface area (Å²) in [7, 11) is 0. The zero-order chi connectivity index (χ0) is 18.5. The summed E-state index contributed by atoms with van der Waals surface area (Å²) in [6.07, 6.45) is 1.67. The van der Waals surface area contributed by atoms with Gasteiger partial charge < -0.3 is 10.1 Å². The van der Waals surface area contributed by atoms with Gasteiger partial charge in [0.1, 0.15) is 18.1 Å². The van der Waals surface area contributed by atoms with Crippen LogP contribution in [0, 0.1) is 20.8 Å². The van der Waals surface area contributed by atoms with Crippen molar-refractivity contribution < 1.29 is 9.53 Å². The summed E-state index contributed by atoms with van der Waals surface area (Å²) in [6, 6.07) is 9.64. The molecule has 0 saturated carbocycles. The first kappa shape index (κ1) is 17.5. The van der Waals surface area contributed by atoms with Crippen LogP contribution in [0.2, 0.25) is 0 Å². The highest BCUT2D eigenvalue weighted by molar-refractivity contribution is 5.75. The number of benzene rings is 1. The molecule has 0 saturated heterocycles. The largest absolute Gasteiger partial charge is 0.438 e. The fourth-order valence-electron chi connectivity index (χ4n) is 2.49. The van der Waals surface area contributed by atoms with E-state index in [1.807, 2.05) is 44.2 Å². The number of carbonyl (C=O) groups excluding carboxylic acids is 1. The van der Waals surface area contributed by atoms with Crippen LogP contribution in [0.1, 0.15) is 22.5 Å². The Bertz CT molecular complexity index is 901. The number of aryl methyl sites for hydroxylation is 3. The topological polar surface area (TPSA) is 94.8 Å². The van der Waals surface area contributed by atoms with Crippen molar-refractivity contribution in [1.82, 2.24) is 30.5 Å². The van der Waals surface area contributed by atoms with E-state index >= 15 is 0 Å². The van der Waals surface area contributed by atoms with Crippen molar-refractivity contribution in [1.29, 1.82) is 0 Å². The van der Waals surface area contributed by atoms with Crippen LogP contribution in [0.4, 0.5) is 0 Å². The molecule has 8 nitrogen and oxygen atoms in total. The summed E-state index contributed by atoms with van der Waals surface area (Å²) < 4.78 is 7.47. The average molecular weight is 352 g/mol. The summed E-state index contributed by atoms with van der Waals surface area (Å²) in [4.78, 5) is 16.4. The molecular formula is C18H20N6O2. The molecule has 0 atom stereocenters. The Kier molecular flexibility index (Phi) is 5.21. The molecule has 0 radical (unpaired) electrons. The second-order valence-corrected chi connectivity index (χ2v) is 5.95. The molecule has 0 aliphatic heterocycles. The summed E-state index contributed by atoms with van der Waals surface area (Å²) in [5, 5.41) is 13.9. The van der Waals surface area contributed by atoms with Crippen molar-refractivity contribution in [2.24, 2.45) is 0 Å². The van der Waals surface area contributed by atoms with Gasteiger partial charge in [-0.25, -0.2) is 9.67 Å². The Morgan fingerprint density at radius 3 is 2.62 bits per heavy atom. The number of para-hydroxylation sites is 1. The lowest BCUT2D eigenvalue weighted by Gasteiger charge is -2.14. The van der Waals surface area contributed by atoms with Crippen molar-refractivity contribution in [2.45, 2.75) is 33.9 Å². The maximum atomic E-state index is 12.1. The van der Waals surface area contributed by atoms with Gasteiger partial charge in [0.05, 0.1) is 0 Å². The van der Waals surface area contributed by atoms with E-state index in [-0.39, 0.29) is 12.5 Å². The van der Waals surface area contributed by atoms with E-state index < -0.39 is 0 Å². The first-order chi connectivity index (χ1) is 12.5. The SMILES string of the molecule is Cc1cccc(C)c1Oc1ncccc1CNC(=O)Cn1nnnc1C. The number of amides is 1. The highest BCUT2D eigenvalue weighted by Gasteiger charge is 2.12. The summed E-state index contributed by atoms with van der Waals surface area (Å²) in [6.45, 7) is 6.08. The monoisotopic (exact) mass is 352 g/mol. The Morgan fingerprint density at radius 1 is 1.15 bits per heavy atom. The van der Waals surface area contributed by atoms with E-state index in [2.05, 4.69) is 25.8 Å². The summed E-state index contributed by atoms with van der Waals surface area (Å²) in [5.74, 6) is 1.65. The van der Waals surface area contributed by atoms with Crippen LogP contribution in [0.3, 0.4) is 0 Å². The summed E-state index contributed by atoms with van der Waals surface area (Å²) >= 11 is 0. The fraction of sp³-hybridized carbons (Fsp3) is 0.278. The van der Waals surface area contributed by atoms with Crippen LogP contribution < -0.4 is 10.1 Å². The minimum atomic E-state index is -0.192. The van der Waals surface area contributed by atoms with Crippen LogP contribution in [0.5, 0.6) is 11.6 Å². The van der Waals surface area contributed by atoms with E-state index in [1.54, 1.807) is 13.1 Å². The van der Waals surface area contributed by atoms with E-state index in [0.29, 0.717) is 18.2 Å². The molecular weight excluding hydrogens is 332 g/mol. The van der Waals surface area contributed by atoms with Crippen LogP contribution in [0.15, 0.2) is 36.5 Å². The molecule has 0 unspecified atom stereocenters. The molecule has 8 heteroatoms. The number of nitrogens with zero attached hydrogens (tertiary/aromatic N) is 5. The first-order valence-corrected chi connectivity index (χ1v) is 8.22. The Balaban J connectivity index is 1.69. The second kappa shape index (κ2) is 7.73. The highest BCUT2D eigenvalue weighted by atomic mass is 16.5. The molecule has 134 valence electrons.